The molecule has 5 nitrogen and oxygen atoms in total. The molecule has 1 aromatic rings. The Labute approximate surface area is 94.1 Å². The number of hydrogen-bond donors (Lipinski definition) is 1. The number of rotatable bonds is 2. The molecule has 0 bridgehead atoms. The molecule has 1 aliphatic rings. The largest absolute Gasteiger partial charge is 0.476 e. The second-order valence-corrected chi connectivity index (χ2v) is 4.65. The van der Waals surface area contributed by atoms with Crippen LogP contribution < -0.4 is 4.90 Å². The van der Waals surface area contributed by atoms with E-state index in [1.54, 1.807) is 6.07 Å². The fourth-order valence-corrected chi connectivity index (χ4v) is 2.12. The van der Waals surface area contributed by atoms with Gasteiger partial charge in [0.1, 0.15) is 0 Å². The highest BCUT2D eigenvalue weighted by molar-refractivity contribution is 5.85. The van der Waals surface area contributed by atoms with E-state index >= 15 is 0 Å². The van der Waals surface area contributed by atoms with Crippen molar-refractivity contribution in [1.82, 2.24) is 10.2 Å². The second kappa shape index (κ2) is 3.73. The lowest BCUT2D eigenvalue weighted by molar-refractivity contribution is 0.0689. The van der Waals surface area contributed by atoms with Crippen LogP contribution in [0.3, 0.4) is 0 Å². The molecule has 1 aromatic heterocycles. The van der Waals surface area contributed by atoms with Gasteiger partial charge < -0.3 is 10.0 Å². The average molecular weight is 221 g/mol. The molecule has 1 aliphatic heterocycles. The number of nitrogens with zero attached hydrogens (tertiary/aromatic N) is 3. The van der Waals surface area contributed by atoms with E-state index in [0.717, 1.165) is 25.2 Å². The van der Waals surface area contributed by atoms with Crippen LogP contribution in [-0.2, 0) is 0 Å². The van der Waals surface area contributed by atoms with Gasteiger partial charge in [-0.15, -0.1) is 10.2 Å². The molecule has 0 radical (unpaired) electrons. The van der Waals surface area contributed by atoms with Gasteiger partial charge in [0.25, 0.3) is 0 Å². The normalized spacial score (nSPS) is 18.8. The van der Waals surface area contributed by atoms with Gasteiger partial charge in [-0.05, 0) is 38.8 Å². The first-order valence-electron chi connectivity index (χ1n) is 5.35. The van der Waals surface area contributed by atoms with E-state index in [9.17, 15) is 4.79 Å². The lowest BCUT2D eigenvalue weighted by atomic mass is 10.0. The van der Waals surface area contributed by atoms with Gasteiger partial charge in [-0.1, -0.05) is 0 Å². The van der Waals surface area contributed by atoms with Gasteiger partial charge in [0.05, 0.1) is 0 Å². The molecule has 16 heavy (non-hydrogen) atoms. The van der Waals surface area contributed by atoms with Crippen LogP contribution in [0.1, 0.15) is 37.2 Å². The van der Waals surface area contributed by atoms with Gasteiger partial charge in [-0.2, -0.15) is 0 Å². The Morgan fingerprint density at radius 2 is 2.19 bits per heavy atom. The highest BCUT2D eigenvalue weighted by Crippen LogP contribution is 2.31. The summed E-state index contributed by atoms with van der Waals surface area (Å²) in [5.41, 5.74) is 0.0696. The Morgan fingerprint density at radius 3 is 2.62 bits per heavy atom. The molecule has 1 fully saturated rings. The van der Waals surface area contributed by atoms with Crippen molar-refractivity contribution in [2.24, 2.45) is 0 Å². The maximum Gasteiger partial charge on any atom is 0.356 e. The summed E-state index contributed by atoms with van der Waals surface area (Å²) in [4.78, 5) is 12.8. The lowest BCUT2D eigenvalue weighted by Crippen LogP contribution is -2.38. The molecular formula is C11H15N3O2. The summed E-state index contributed by atoms with van der Waals surface area (Å²) < 4.78 is 0. The molecule has 0 aliphatic carbocycles. The number of aromatic nitrogens is 2. The van der Waals surface area contributed by atoms with Crippen molar-refractivity contribution >= 4 is 11.8 Å². The van der Waals surface area contributed by atoms with Crippen molar-refractivity contribution in [3.05, 3.63) is 17.8 Å². The first-order valence-corrected chi connectivity index (χ1v) is 5.35. The van der Waals surface area contributed by atoms with Crippen LogP contribution in [0, 0.1) is 0 Å². The van der Waals surface area contributed by atoms with Crippen LogP contribution >= 0.6 is 0 Å². The molecule has 5 heteroatoms. The van der Waals surface area contributed by atoms with Gasteiger partial charge >= 0.3 is 5.97 Å². The summed E-state index contributed by atoms with van der Waals surface area (Å²) in [7, 11) is 0. The molecule has 1 N–H and O–H groups in total. The Kier molecular flexibility index (Phi) is 2.53. The van der Waals surface area contributed by atoms with E-state index in [-0.39, 0.29) is 11.2 Å². The molecule has 2 rings (SSSR count). The summed E-state index contributed by atoms with van der Waals surface area (Å²) in [6, 6.07) is 3.22. The Hall–Kier alpha value is -1.65. The van der Waals surface area contributed by atoms with Gasteiger partial charge in [-0.25, -0.2) is 4.79 Å². The quantitative estimate of drug-likeness (QED) is 0.820. The number of anilines is 1. The minimum atomic E-state index is -1.04. The Bertz CT molecular complexity index is 400. The molecule has 0 spiro atoms. The summed E-state index contributed by atoms with van der Waals surface area (Å²) in [6.45, 7) is 5.27. The summed E-state index contributed by atoms with van der Waals surface area (Å²) in [5, 5.41) is 16.4. The van der Waals surface area contributed by atoms with Crippen molar-refractivity contribution in [2.75, 3.05) is 11.4 Å². The number of hydrogen-bond acceptors (Lipinski definition) is 4. The van der Waals surface area contributed by atoms with Gasteiger partial charge in [0.2, 0.25) is 0 Å². The van der Waals surface area contributed by atoms with Gasteiger partial charge in [-0.3, -0.25) is 0 Å². The standard InChI is InChI=1S/C11H15N3O2/c1-11(2)6-3-7-14(11)9-5-4-8(10(15)16)12-13-9/h4-5H,3,6-7H2,1-2H3,(H,15,16). The van der Waals surface area contributed by atoms with Crippen LogP contribution in [0.4, 0.5) is 5.82 Å². The molecule has 86 valence electrons. The summed E-state index contributed by atoms with van der Waals surface area (Å²) in [6.07, 6.45) is 2.25. The lowest BCUT2D eigenvalue weighted by Gasteiger charge is -2.32. The monoisotopic (exact) mass is 221 g/mol. The third-order valence-electron chi connectivity index (χ3n) is 3.05. The zero-order valence-corrected chi connectivity index (χ0v) is 9.47. The first-order chi connectivity index (χ1) is 7.50. The van der Waals surface area contributed by atoms with Crippen LogP contribution in [0.2, 0.25) is 0 Å². The van der Waals surface area contributed by atoms with E-state index in [0.29, 0.717) is 0 Å². The molecule has 0 amide bonds. The summed E-state index contributed by atoms with van der Waals surface area (Å²) in [5.74, 6) is -0.285. The van der Waals surface area contributed by atoms with Crippen molar-refractivity contribution in [3.8, 4) is 0 Å². The predicted molar refractivity (Wildman–Crippen MR) is 59.7 cm³/mol. The van der Waals surface area contributed by atoms with E-state index in [2.05, 4.69) is 28.9 Å². The maximum atomic E-state index is 10.6. The Morgan fingerprint density at radius 1 is 1.44 bits per heavy atom. The third kappa shape index (κ3) is 1.85. The highest BCUT2D eigenvalue weighted by Gasteiger charge is 2.32. The fourth-order valence-electron chi connectivity index (χ4n) is 2.12. The maximum absolute atomic E-state index is 10.6. The number of carboxylic acid groups (broad SMARTS) is 1. The molecule has 0 unspecified atom stereocenters. The zero-order valence-electron chi connectivity index (χ0n) is 9.47. The molecule has 2 heterocycles. The molecule has 1 saturated heterocycles. The topological polar surface area (TPSA) is 66.3 Å². The van der Waals surface area contributed by atoms with E-state index in [1.165, 1.54) is 6.07 Å². The average Bonchev–Trinajstić information content (AvgIpc) is 2.58. The fraction of sp³-hybridized carbons (Fsp3) is 0.545. The van der Waals surface area contributed by atoms with Crippen LogP contribution in [0.25, 0.3) is 0 Å². The number of carboxylic acids is 1. The molecular weight excluding hydrogens is 206 g/mol. The summed E-state index contributed by atoms with van der Waals surface area (Å²) >= 11 is 0. The van der Waals surface area contributed by atoms with E-state index in [4.69, 9.17) is 5.11 Å². The molecule has 0 saturated carbocycles. The van der Waals surface area contributed by atoms with Crippen molar-refractivity contribution < 1.29 is 9.90 Å². The van der Waals surface area contributed by atoms with E-state index < -0.39 is 5.97 Å². The molecule has 0 aromatic carbocycles. The number of aromatic carboxylic acids is 1. The number of carbonyl (C=O) groups is 1. The zero-order chi connectivity index (χ0) is 11.8. The second-order valence-electron chi connectivity index (χ2n) is 4.65. The van der Waals surface area contributed by atoms with Crippen LogP contribution in [0.5, 0.6) is 0 Å². The van der Waals surface area contributed by atoms with Crippen molar-refractivity contribution in [3.63, 3.8) is 0 Å². The van der Waals surface area contributed by atoms with Gasteiger partial charge in [0.15, 0.2) is 11.5 Å². The first kappa shape index (κ1) is 10.9. The SMILES string of the molecule is CC1(C)CCCN1c1ccc(C(=O)O)nn1. The Balaban J connectivity index is 2.25. The predicted octanol–water partition coefficient (Wildman–Crippen LogP) is 1.55. The van der Waals surface area contributed by atoms with Crippen LogP contribution in [-0.4, -0.2) is 33.4 Å². The highest BCUT2D eigenvalue weighted by atomic mass is 16.4. The minimum absolute atomic E-state index is 0.0132. The van der Waals surface area contributed by atoms with Crippen molar-refractivity contribution in [1.29, 1.82) is 0 Å². The minimum Gasteiger partial charge on any atom is -0.476 e. The van der Waals surface area contributed by atoms with E-state index in [1.807, 2.05) is 0 Å². The van der Waals surface area contributed by atoms with Crippen LogP contribution in [0.15, 0.2) is 12.1 Å². The third-order valence-corrected chi connectivity index (χ3v) is 3.05. The molecule has 0 atom stereocenters. The van der Waals surface area contributed by atoms with Gasteiger partial charge in [0, 0.05) is 12.1 Å². The smallest absolute Gasteiger partial charge is 0.356 e. The van der Waals surface area contributed by atoms with Crippen molar-refractivity contribution in [2.45, 2.75) is 32.2 Å².